The van der Waals surface area contributed by atoms with Gasteiger partial charge in [0, 0.05) is 17.8 Å². The average molecular weight is 426 g/mol. The summed E-state index contributed by atoms with van der Waals surface area (Å²) in [6.07, 6.45) is 0.0788. The van der Waals surface area contributed by atoms with Crippen LogP contribution in [-0.2, 0) is 11.2 Å². The van der Waals surface area contributed by atoms with Gasteiger partial charge in [0.1, 0.15) is 17.9 Å². The average Bonchev–Trinajstić information content (AvgIpc) is 2.67. The van der Waals surface area contributed by atoms with Gasteiger partial charge in [0.15, 0.2) is 0 Å². The molecule has 2 amide bonds. The van der Waals surface area contributed by atoms with Crippen LogP contribution < -0.4 is 11.1 Å². The highest BCUT2D eigenvalue weighted by Gasteiger charge is 2.53. The summed E-state index contributed by atoms with van der Waals surface area (Å²) in [6.45, 7) is 3.75. The lowest BCUT2D eigenvalue weighted by Gasteiger charge is -2.48. The monoisotopic (exact) mass is 426 g/mol. The van der Waals surface area contributed by atoms with Crippen molar-refractivity contribution in [1.29, 1.82) is 0 Å². The van der Waals surface area contributed by atoms with Crippen LogP contribution in [-0.4, -0.2) is 45.3 Å². The van der Waals surface area contributed by atoms with Gasteiger partial charge in [-0.2, -0.15) is 13.2 Å². The van der Waals surface area contributed by atoms with Crippen LogP contribution in [0.15, 0.2) is 30.6 Å². The first kappa shape index (κ1) is 21.9. The minimum absolute atomic E-state index is 0.167. The summed E-state index contributed by atoms with van der Waals surface area (Å²) >= 11 is 0. The van der Waals surface area contributed by atoms with E-state index in [0.29, 0.717) is 31.2 Å². The van der Waals surface area contributed by atoms with Crippen molar-refractivity contribution in [2.45, 2.75) is 56.8 Å². The van der Waals surface area contributed by atoms with Crippen molar-refractivity contribution in [2.75, 3.05) is 5.73 Å². The fourth-order valence-electron chi connectivity index (χ4n) is 4.42. The molecular formula is C20H25F3N4O3. The molecule has 4 N–H and O–H groups in total. The SMILES string of the molecule is C=C1[C@H](Cc2ccnc(N)c2)[C@@H](C(=O)O)N1C(=O)N[C@@H](C1CCCCC1)C(F)(F)F. The third-order valence-electron chi connectivity index (χ3n) is 5.92. The van der Waals surface area contributed by atoms with Crippen LogP contribution in [0.2, 0.25) is 0 Å². The standard InChI is InChI=1S/C20H25F3N4O3/c1-11-14(9-12-7-8-25-15(24)10-12)16(18(28)29)27(11)19(30)26-17(20(21,22)23)13-5-3-2-4-6-13/h7-8,10,13-14,16-17H,1-6,9H2,(H2,24,25)(H,26,30)(H,28,29)/t14-,16-,17-/m0/s1. The molecule has 10 heteroatoms. The Morgan fingerprint density at radius 1 is 1.33 bits per heavy atom. The Labute approximate surface area is 172 Å². The molecule has 7 nitrogen and oxygen atoms in total. The quantitative estimate of drug-likeness (QED) is 0.669. The number of nitrogens with two attached hydrogens (primary N) is 1. The summed E-state index contributed by atoms with van der Waals surface area (Å²) < 4.78 is 40.8. The Kier molecular flexibility index (Phi) is 6.23. The summed E-state index contributed by atoms with van der Waals surface area (Å²) in [6, 6.07) is -1.14. The number of hydrogen-bond donors (Lipinski definition) is 3. The summed E-state index contributed by atoms with van der Waals surface area (Å²) in [7, 11) is 0. The molecule has 164 valence electrons. The van der Waals surface area contributed by atoms with Gasteiger partial charge in [0.2, 0.25) is 0 Å². The molecule has 0 spiro atoms. The number of carbonyl (C=O) groups is 2. The second kappa shape index (κ2) is 8.53. The first-order valence-corrected chi connectivity index (χ1v) is 9.88. The molecule has 1 aromatic heterocycles. The van der Waals surface area contributed by atoms with Crippen molar-refractivity contribution in [3.8, 4) is 0 Å². The fraction of sp³-hybridized carbons (Fsp3) is 0.550. The number of nitrogens with zero attached hydrogens (tertiary/aromatic N) is 2. The number of nitrogen functional groups attached to an aromatic ring is 1. The first-order valence-electron chi connectivity index (χ1n) is 9.88. The van der Waals surface area contributed by atoms with Gasteiger partial charge in [0.25, 0.3) is 0 Å². The summed E-state index contributed by atoms with van der Waals surface area (Å²) in [5, 5.41) is 11.6. The molecule has 0 bridgehead atoms. The predicted molar refractivity (Wildman–Crippen MR) is 103 cm³/mol. The minimum atomic E-state index is -4.61. The van der Waals surface area contributed by atoms with E-state index in [-0.39, 0.29) is 17.9 Å². The number of carbonyl (C=O) groups excluding carboxylic acids is 1. The molecule has 1 aliphatic carbocycles. The highest BCUT2D eigenvalue weighted by atomic mass is 19.4. The third-order valence-corrected chi connectivity index (χ3v) is 5.92. The Morgan fingerprint density at radius 3 is 2.57 bits per heavy atom. The zero-order valence-electron chi connectivity index (χ0n) is 16.4. The molecule has 1 saturated heterocycles. The van der Waals surface area contributed by atoms with Crippen molar-refractivity contribution in [2.24, 2.45) is 11.8 Å². The topological polar surface area (TPSA) is 109 Å². The van der Waals surface area contributed by atoms with Crippen LogP contribution >= 0.6 is 0 Å². The van der Waals surface area contributed by atoms with Gasteiger partial charge in [-0.15, -0.1) is 0 Å². The number of carboxylic acid groups (broad SMARTS) is 1. The largest absolute Gasteiger partial charge is 0.480 e. The molecule has 3 rings (SSSR count). The number of urea groups is 1. The molecule has 30 heavy (non-hydrogen) atoms. The molecule has 2 fully saturated rings. The Hall–Kier alpha value is -2.78. The number of alkyl halides is 3. The van der Waals surface area contributed by atoms with E-state index in [1.807, 2.05) is 5.32 Å². The molecule has 1 saturated carbocycles. The number of nitrogens with one attached hydrogen (secondary N) is 1. The number of aliphatic carboxylic acids is 1. The van der Waals surface area contributed by atoms with Gasteiger partial charge in [-0.05, 0) is 42.9 Å². The number of hydrogen-bond acceptors (Lipinski definition) is 4. The second-order valence-corrected chi connectivity index (χ2v) is 7.91. The number of anilines is 1. The van der Waals surface area contributed by atoms with Gasteiger partial charge in [0.05, 0.1) is 0 Å². The molecule has 1 aliphatic heterocycles. The first-order chi connectivity index (χ1) is 14.1. The smallest absolute Gasteiger partial charge is 0.408 e. The van der Waals surface area contributed by atoms with E-state index in [4.69, 9.17) is 5.73 Å². The number of likely N-dealkylation sites (tertiary alicyclic amines) is 1. The molecule has 3 atom stereocenters. The lowest BCUT2D eigenvalue weighted by atomic mass is 9.80. The van der Waals surface area contributed by atoms with Gasteiger partial charge < -0.3 is 16.2 Å². The molecule has 0 unspecified atom stereocenters. The highest BCUT2D eigenvalue weighted by Crippen LogP contribution is 2.39. The Bertz CT molecular complexity index is 824. The van der Waals surface area contributed by atoms with E-state index in [1.165, 1.54) is 6.20 Å². The van der Waals surface area contributed by atoms with Crippen molar-refractivity contribution < 1.29 is 27.9 Å². The minimum Gasteiger partial charge on any atom is -0.480 e. The number of amides is 2. The van der Waals surface area contributed by atoms with Gasteiger partial charge >= 0.3 is 18.2 Å². The summed E-state index contributed by atoms with van der Waals surface area (Å²) in [5.74, 6) is -2.38. The van der Waals surface area contributed by atoms with Crippen LogP contribution in [0.5, 0.6) is 0 Å². The zero-order valence-corrected chi connectivity index (χ0v) is 16.4. The summed E-state index contributed by atoms with van der Waals surface area (Å²) in [5.41, 5.74) is 6.50. The van der Waals surface area contributed by atoms with Crippen LogP contribution in [0.3, 0.4) is 0 Å². The molecular weight excluding hydrogens is 401 g/mol. The maximum absolute atomic E-state index is 13.6. The van der Waals surface area contributed by atoms with Crippen molar-refractivity contribution in [1.82, 2.24) is 15.2 Å². The molecule has 2 aliphatic rings. The van der Waals surface area contributed by atoms with Gasteiger partial charge in [-0.3, -0.25) is 4.90 Å². The van der Waals surface area contributed by atoms with Crippen molar-refractivity contribution in [3.05, 3.63) is 36.2 Å². The van der Waals surface area contributed by atoms with E-state index < -0.39 is 42.1 Å². The second-order valence-electron chi connectivity index (χ2n) is 7.91. The van der Waals surface area contributed by atoms with Crippen LogP contribution in [0, 0.1) is 11.8 Å². The number of rotatable bonds is 5. The van der Waals surface area contributed by atoms with Crippen LogP contribution in [0.1, 0.15) is 37.7 Å². The number of halogens is 3. The third kappa shape index (κ3) is 4.52. The van der Waals surface area contributed by atoms with Crippen molar-refractivity contribution in [3.63, 3.8) is 0 Å². The Morgan fingerprint density at radius 2 is 2.00 bits per heavy atom. The number of aromatic nitrogens is 1. The number of carboxylic acids is 1. The summed E-state index contributed by atoms with van der Waals surface area (Å²) in [4.78, 5) is 29.1. The molecule has 0 radical (unpaired) electrons. The zero-order chi connectivity index (χ0) is 22.1. The maximum atomic E-state index is 13.6. The van der Waals surface area contributed by atoms with E-state index in [9.17, 15) is 27.9 Å². The Balaban J connectivity index is 1.74. The molecule has 2 heterocycles. The maximum Gasteiger partial charge on any atom is 0.408 e. The normalized spacial score (nSPS) is 23.6. The molecule has 0 aromatic carbocycles. The predicted octanol–water partition coefficient (Wildman–Crippen LogP) is 3.33. The lowest BCUT2D eigenvalue weighted by molar-refractivity contribution is -0.168. The van der Waals surface area contributed by atoms with E-state index in [0.717, 1.165) is 11.3 Å². The van der Waals surface area contributed by atoms with E-state index in [2.05, 4.69) is 11.6 Å². The van der Waals surface area contributed by atoms with Crippen LogP contribution in [0.4, 0.5) is 23.8 Å². The van der Waals surface area contributed by atoms with Gasteiger partial charge in [-0.1, -0.05) is 25.8 Å². The number of pyridine rings is 1. The molecule has 1 aromatic rings. The fourth-order valence-corrected chi connectivity index (χ4v) is 4.42. The lowest BCUT2D eigenvalue weighted by Crippen LogP contribution is -2.65. The van der Waals surface area contributed by atoms with E-state index in [1.54, 1.807) is 12.1 Å². The van der Waals surface area contributed by atoms with E-state index >= 15 is 0 Å². The van der Waals surface area contributed by atoms with Crippen LogP contribution in [0.25, 0.3) is 0 Å². The van der Waals surface area contributed by atoms with Gasteiger partial charge in [-0.25, -0.2) is 14.6 Å². The highest BCUT2D eigenvalue weighted by molar-refractivity contribution is 5.88. The van der Waals surface area contributed by atoms with Crippen molar-refractivity contribution >= 4 is 17.8 Å².